The van der Waals surface area contributed by atoms with Crippen LogP contribution in [0.2, 0.25) is 0 Å². The van der Waals surface area contributed by atoms with Crippen LogP contribution in [0.4, 0.5) is 0 Å². The van der Waals surface area contributed by atoms with Crippen LogP contribution in [0.15, 0.2) is 24.3 Å². The highest BCUT2D eigenvalue weighted by Crippen LogP contribution is 2.25. The lowest BCUT2D eigenvalue weighted by Crippen LogP contribution is -2.46. The van der Waals surface area contributed by atoms with Gasteiger partial charge in [0.15, 0.2) is 9.84 Å². The Morgan fingerprint density at radius 1 is 1.22 bits per heavy atom. The van der Waals surface area contributed by atoms with Gasteiger partial charge >= 0.3 is 0 Å². The molecule has 6 heteroatoms. The average molecular weight is 337 g/mol. The fraction of sp³-hybridized carbons (Fsp3) is 0.588. The summed E-state index contributed by atoms with van der Waals surface area (Å²) in [6.07, 6.45) is 5.37. The molecule has 126 valence electrons. The third kappa shape index (κ3) is 4.05. The van der Waals surface area contributed by atoms with Crippen LogP contribution in [0.5, 0.6) is 5.75 Å². The summed E-state index contributed by atoms with van der Waals surface area (Å²) in [7, 11) is -3.04. The van der Waals surface area contributed by atoms with E-state index in [1.807, 2.05) is 0 Å². The van der Waals surface area contributed by atoms with Gasteiger partial charge in [0.25, 0.3) is 5.91 Å². The van der Waals surface area contributed by atoms with Crippen molar-refractivity contribution in [2.75, 3.05) is 11.5 Å². The highest BCUT2D eigenvalue weighted by atomic mass is 32.2. The minimum absolute atomic E-state index is 0.00855. The first kappa shape index (κ1) is 16.3. The number of amides is 1. The predicted octanol–water partition coefficient (Wildman–Crippen LogP) is 2.32. The number of ether oxygens (including phenoxy) is 1. The van der Waals surface area contributed by atoms with Crippen molar-refractivity contribution in [1.82, 2.24) is 5.32 Å². The third-order valence-electron chi connectivity index (χ3n) is 4.64. The van der Waals surface area contributed by atoms with E-state index in [0.29, 0.717) is 12.0 Å². The Morgan fingerprint density at radius 2 is 1.87 bits per heavy atom. The molecule has 1 heterocycles. The van der Waals surface area contributed by atoms with Crippen LogP contribution >= 0.6 is 0 Å². The van der Waals surface area contributed by atoms with Gasteiger partial charge in [-0.3, -0.25) is 4.79 Å². The van der Waals surface area contributed by atoms with Crippen molar-refractivity contribution >= 4 is 15.7 Å². The minimum atomic E-state index is -3.04. The van der Waals surface area contributed by atoms with Gasteiger partial charge in [0.05, 0.1) is 23.1 Å². The molecular formula is C17H23NO4S. The van der Waals surface area contributed by atoms with Crippen molar-refractivity contribution < 1.29 is 17.9 Å². The molecule has 0 spiro atoms. The van der Waals surface area contributed by atoms with Crippen LogP contribution in [0.1, 0.15) is 49.4 Å². The Labute approximate surface area is 137 Å². The number of rotatable bonds is 4. The van der Waals surface area contributed by atoms with Crippen LogP contribution in [-0.4, -0.2) is 37.5 Å². The summed E-state index contributed by atoms with van der Waals surface area (Å²) < 4.78 is 29.1. The highest BCUT2D eigenvalue weighted by molar-refractivity contribution is 7.91. The Kier molecular flexibility index (Phi) is 4.36. The summed E-state index contributed by atoms with van der Waals surface area (Å²) in [4.78, 5) is 12.3. The van der Waals surface area contributed by atoms with Gasteiger partial charge in [0.2, 0.25) is 0 Å². The lowest BCUT2D eigenvalue weighted by molar-refractivity contribution is 0.0915. The molecule has 1 atom stereocenters. The summed E-state index contributed by atoms with van der Waals surface area (Å²) in [6, 6.07) is 7.07. The van der Waals surface area contributed by atoms with Crippen LogP contribution in [0.25, 0.3) is 0 Å². The molecule has 0 aromatic heterocycles. The predicted molar refractivity (Wildman–Crippen MR) is 88.5 cm³/mol. The molecular weight excluding hydrogens is 314 g/mol. The molecule has 23 heavy (non-hydrogen) atoms. The highest BCUT2D eigenvalue weighted by Gasteiger charge is 2.39. The summed E-state index contributed by atoms with van der Waals surface area (Å²) in [5, 5.41) is 2.86. The molecule has 1 saturated heterocycles. The van der Waals surface area contributed by atoms with E-state index in [4.69, 9.17) is 4.74 Å². The maximum absolute atomic E-state index is 12.3. The Balaban J connectivity index is 1.61. The maximum atomic E-state index is 12.3. The SMILES string of the molecule is C[C@@]1(NC(=O)c2ccc(OC3CCCC3)cc2)CCS(=O)(=O)C1. The quantitative estimate of drug-likeness (QED) is 0.915. The second-order valence-electron chi connectivity index (χ2n) is 6.91. The molecule has 1 aliphatic heterocycles. The third-order valence-corrected chi connectivity index (χ3v) is 6.54. The van der Waals surface area contributed by atoms with Gasteiger partial charge in [0, 0.05) is 5.56 Å². The molecule has 1 amide bonds. The maximum Gasteiger partial charge on any atom is 0.251 e. The van der Waals surface area contributed by atoms with Gasteiger partial charge in [-0.1, -0.05) is 0 Å². The number of carbonyl (C=O) groups excluding carboxylic acids is 1. The van der Waals surface area contributed by atoms with E-state index in [1.165, 1.54) is 12.8 Å². The fourth-order valence-corrected chi connectivity index (χ4v) is 5.43. The van der Waals surface area contributed by atoms with Gasteiger partial charge in [-0.15, -0.1) is 0 Å². The zero-order valence-corrected chi connectivity index (χ0v) is 14.2. The number of hydrogen-bond acceptors (Lipinski definition) is 4. The van der Waals surface area contributed by atoms with Crippen LogP contribution in [0.3, 0.4) is 0 Å². The molecule has 0 bridgehead atoms. The van der Waals surface area contributed by atoms with E-state index in [0.717, 1.165) is 18.6 Å². The van der Waals surface area contributed by atoms with E-state index in [2.05, 4.69) is 5.32 Å². The molecule has 1 aromatic rings. The van der Waals surface area contributed by atoms with E-state index in [-0.39, 0.29) is 23.5 Å². The number of nitrogens with one attached hydrogen (secondary N) is 1. The van der Waals surface area contributed by atoms with Gasteiger partial charge < -0.3 is 10.1 Å². The van der Waals surface area contributed by atoms with Gasteiger partial charge in [-0.05, 0) is 63.3 Å². The summed E-state index contributed by atoms with van der Waals surface area (Å²) in [5.41, 5.74) is -0.149. The summed E-state index contributed by atoms with van der Waals surface area (Å²) in [6.45, 7) is 1.78. The van der Waals surface area contributed by atoms with Crippen LogP contribution in [-0.2, 0) is 9.84 Å². The zero-order valence-electron chi connectivity index (χ0n) is 13.4. The monoisotopic (exact) mass is 337 g/mol. The molecule has 5 nitrogen and oxygen atoms in total. The molecule has 1 saturated carbocycles. The largest absolute Gasteiger partial charge is 0.490 e. The van der Waals surface area contributed by atoms with E-state index >= 15 is 0 Å². The van der Waals surface area contributed by atoms with Gasteiger partial charge in [-0.2, -0.15) is 0 Å². The lowest BCUT2D eigenvalue weighted by atomic mass is 10.0. The molecule has 1 aromatic carbocycles. The molecule has 1 N–H and O–H groups in total. The summed E-state index contributed by atoms with van der Waals surface area (Å²) >= 11 is 0. The van der Waals surface area contributed by atoms with Crippen LogP contribution in [0, 0.1) is 0 Å². The Hall–Kier alpha value is -1.56. The lowest BCUT2D eigenvalue weighted by Gasteiger charge is -2.24. The molecule has 2 aliphatic rings. The Morgan fingerprint density at radius 3 is 2.43 bits per heavy atom. The minimum Gasteiger partial charge on any atom is -0.490 e. The molecule has 3 rings (SSSR count). The van der Waals surface area contributed by atoms with E-state index in [1.54, 1.807) is 31.2 Å². The number of hydrogen-bond donors (Lipinski definition) is 1. The second kappa shape index (κ2) is 6.15. The van der Waals surface area contributed by atoms with Crippen molar-refractivity contribution in [3.63, 3.8) is 0 Å². The average Bonchev–Trinajstić information content (AvgIpc) is 3.07. The molecule has 1 aliphatic carbocycles. The molecule has 2 fully saturated rings. The summed E-state index contributed by atoms with van der Waals surface area (Å²) in [5.74, 6) is 0.687. The van der Waals surface area contributed by atoms with Gasteiger partial charge in [-0.25, -0.2) is 8.42 Å². The van der Waals surface area contributed by atoms with E-state index in [9.17, 15) is 13.2 Å². The number of sulfone groups is 1. The van der Waals surface area contributed by atoms with Crippen molar-refractivity contribution in [3.8, 4) is 5.75 Å². The molecule has 0 unspecified atom stereocenters. The first-order chi connectivity index (χ1) is 10.9. The first-order valence-corrected chi connectivity index (χ1v) is 9.97. The van der Waals surface area contributed by atoms with Crippen molar-refractivity contribution in [1.29, 1.82) is 0 Å². The van der Waals surface area contributed by atoms with Crippen molar-refractivity contribution in [2.45, 2.75) is 50.7 Å². The fourth-order valence-electron chi connectivity index (χ4n) is 3.34. The first-order valence-electron chi connectivity index (χ1n) is 8.15. The van der Waals surface area contributed by atoms with Crippen LogP contribution < -0.4 is 10.1 Å². The zero-order chi connectivity index (χ0) is 16.5. The molecule has 0 radical (unpaired) electrons. The van der Waals surface area contributed by atoms with Crippen molar-refractivity contribution in [2.24, 2.45) is 0 Å². The number of carbonyl (C=O) groups is 1. The van der Waals surface area contributed by atoms with Gasteiger partial charge in [0.1, 0.15) is 5.75 Å². The van der Waals surface area contributed by atoms with Crippen molar-refractivity contribution in [3.05, 3.63) is 29.8 Å². The number of benzene rings is 1. The van der Waals surface area contributed by atoms with E-state index < -0.39 is 15.4 Å². The second-order valence-corrected chi connectivity index (χ2v) is 9.09. The topological polar surface area (TPSA) is 72.5 Å². The normalized spacial score (nSPS) is 27.0. The smallest absolute Gasteiger partial charge is 0.251 e. The standard InChI is InChI=1S/C17H23NO4S/c1-17(10-11-23(20,21)12-17)18-16(19)13-6-8-15(9-7-13)22-14-4-2-3-5-14/h6-9,14H,2-5,10-12H2,1H3,(H,18,19)/t17-/m1/s1. The Bertz CT molecular complexity index is 677.